The van der Waals surface area contributed by atoms with E-state index in [0.29, 0.717) is 5.69 Å². The van der Waals surface area contributed by atoms with Crippen LogP contribution in [0.25, 0.3) is 0 Å². The van der Waals surface area contributed by atoms with Crippen molar-refractivity contribution in [1.29, 1.82) is 0 Å². The van der Waals surface area contributed by atoms with Crippen LogP contribution in [0.15, 0.2) is 42.5 Å². The van der Waals surface area contributed by atoms with Crippen molar-refractivity contribution in [2.75, 3.05) is 23.7 Å². The van der Waals surface area contributed by atoms with Crippen molar-refractivity contribution >= 4 is 21.6 Å². The lowest BCUT2D eigenvalue weighted by Gasteiger charge is -2.23. The molecule has 25 heavy (non-hydrogen) atoms. The summed E-state index contributed by atoms with van der Waals surface area (Å²) in [6.45, 7) is 3.98. The topological polar surface area (TPSA) is 66.5 Å². The fourth-order valence-electron chi connectivity index (χ4n) is 2.58. The van der Waals surface area contributed by atoms with Gasteiger partial charge in [-0.05, 0) is 55.3 Å². The highest BCUT2D eigenvalue weighted by Crippen LogP contribution is 2.20. The van der Waals surface area contributed by atoms with E-state index in [1.165, 1.54) is 22.5 Å². The molecule has 0 saturated carbocycles. The lowest BCUT2D eigenvalue weighted by molar-refractivity contribution is 0.0954. The average molecular weight is 364 g/mol. The van der Waals surface area contributed by atoms with Crippen molar-refractivity contribution in [3.63, 3.8) is 0 Å². The number of carbonyl (C=O) groups excluding carboxylic acids is 1. The van der Waals surface area contributed by atoms with Gasteiger partial charge in [-0.15, -0.1) is 0 Å². The molecule has 0 saturated heterocycles. The van der Waals surface area contributed by atoms with Crippen LogP contribution in [0.5, 0.6) is 0 Å². The van der Waals surface area contributed by atoms with Crippen molar-refractivity contribution in [1.82, 2.24) is 5.32 Å². The van der Waals surface area contributed by atoms with E-state index in [0.717, 1.165) is 23.4 Å². The van der Waals surface area contributed by atoms with Crippen LogP contribution in [0, 0.1) is 19.7 Å². The summed E-state index contributed by atoms with van der Waals surface area (Å²) >= 11 is 0. The van der Waals surface area contributed by atoms with Gasteiger partial charge in [0.2, 0.25) is 10.0 Å². The first kappa shape index (κ1) is 18.9. The maximum atomic E-state index is 13.2. The third-order valence-corrected chi connectivity index (χ3v) is 4.78. The molecule has 0 aliphatic carbocycles. The molecule has 1 amide bonds. The molecule has 0 aliphatic rings. The van der Waals surface area contributed by atoms with Gasteiger partial charge in [-0.2, -0.15) is 0 Å². The van der Waals surface area contributed by atoms with Crippen LogP contribution in [0.2, 0.25) is 0 Å². The standard InChI is InChI=1S/C18H21FN2O3S/c1-13-9-14(2)11-17(10-13)21(25(3,23)24)8-7-20-18(22)15-5-4-6-16(19)12-15/h4-6,9-12H,7-8H2,1-3H3,(H,20,22). The highest BCUT2D eigenvalue weighted by Gasteiger charge is 2.18. The molecule has 0 bridgehead atoms. The van der Waals surface area contributed by atoms with E-state index in [1.54, 1.807) is 12.1 Å². The molecule has 0 radical (unpaired) electrons. The number of nitrogens with zero attached hydrogens (tertiary/aromatic N) is 1. The Morgan fingerprint density at radius 2 is 1.76 bits per heavy atom. The molecule has 0 fully saturated rings. The highest BCUT2D eigenvalue weighted by atomic mass is 32.2. The Bertz CT molecular complexity index is 861. The fourth-order valence-corrected chi connectivity index (χ4v) is 3.50. The van der Waals surface area contributed by atoms with Crippen molar-refractivity contribution < 1.29 is 17.6 Å². The van der Waals surface area contributed by atoms with Crippen LogP contribution in [0.3, 0.4) is 0 Å². The predicted octanol–water partition coefficient (Wildman–Crippen LogP) is 2.64. The van der Waals surface area contributed by atoms with Gasteiger partial charge >= 0.3 is 0 Å². The molecule has 0 spiro atoms. The van der Waals surface area contributed by atoms with Gasteiger partial charge in [0.15, 0.2) is 0 Å². The van der Waals surface area contributed by atoms with E-state index in [1.807, 2.05) is 19.9 Å². The molecule has 0 atom stereocenters. The molecule has 2 rings (SSSR count). The summed E-state index contributed by atoms with van der Waals surface area (Å²) in [5.41, 5.74) is 2.65. The molecule has 0 heterocycles. The highest BCUT2D eigenvalue weighted by molar-refractivity contribution is 7.92. The summed E-state index contributed by atoms with van der Waals surface area (Å²) in [6.07, 6.45) is 1.12. The largest absolute Gasteiger partial charge is 0.350 e. The van der Waals surface area contributed by atoms with Gasteiger partial charge in [0.05, 0.1) is 18.5 Å². The first-order valence-corrected chi connectivity index (χ1v) is 9.61. The van der Waals surface area contributed by atoms with Gasteiger partial charge in [-0.1, -0.05) is 12.1 Å². The summed E-state index contributed by atoms with van der Waals surface area (Å²) in [4.78, 5) is 12.0. The summed E-state index contributed by atoms with van der Waals surface area (Å²) in [6, 6.07) is 10.8. The Morgan fingerprint density at radius 3 is 2.32 bits per heavy atom. The van der Waals surface area contributed by atoms with Gasteiger partial charge in [0.25, 0.3) is 5.91 Å². The molecule has 2 aromatic carbocycles. The number of sulfonamides is 1. The van der Waals surface area contributed by atoms with Crippen LogP contribution in [0.4, 0.5) is 10.1 Å². The van der Waals surface area contributed by atoms with Crippen molar-refractivity contribution in [2.24, 2.45) is 0 Å². The smallest absolute Gasteiger partial charge is 0.251 e. The first-order chi connectivity index (χ1) is 11.7. The van der Waals surface area contributed by atoms with E-state index in [9.17, 15) is 17.6 Å². The monoisotopic (exact) mass is 364 g/mol. The van der Waals surface area contributed by atoms with Crippen LogP contribution < -0.4 is 9.62 Å². The number of amides is 1. The predicted molar refractivity (Wildman–Crippen MR) is 96.8 cm³/mol. The molecule has 0 aromatic heterocycles. The van der Waals surface area contributed by atoms with E-state index in [2.05, 4.69) is 5.32 Å². The Labute approximate surface area is 147 Å². The lowest BCUT2D eigenvalue weighted by Crippen LogP contribution is -2.38. The number of hydrogen-bond donors (Lipinski definition) is 1. The summed E-state index contributed by atoms with van der Waals surface area (Å²) in [5, 5.41) is 2.62. The number of benzene rings is 2. The maximum Gasteiger partial charge on any atom is 0.251 e. The molecular formula is C18H21FN2O3S. The second-order valence-electron chi connectivity index (χ2n) is 5.95. The van der Waals surface area contributed by atoms with Gasteiger partial charge in [0, 0.05) is 12.1 Å². The van der Waals surface area contributed by atoms with Crippen LogP contribution in [-0.2, 0) is 10.0 Å². The van der Waals surface area contributed by atoms with Gasteiger partial charge in [0.1, 0.15) is 5.82 Å². The molecule has 5 nitrogen and oxygen atoms in total. The Balaban J connectivity index is 2.10. The van der Waals surface area contributed by atoms with E-state index < -0.39 is 21.7 Å². The van der Waals surface area contributed by atoms with Crippen LogP contribution in [-0.4, -0.2) is 33.7 Å². The first-order valence-electron chi connectivity index (χ1n) is 7.76. The second kappa shape index (κ2) is 7.65. The third kappa shape index (κ3) is 5.29. The minimum atomic E-state index is -3.50. The number of carbonyl (C=O) groups is 1. The van der Waals surface area contributed by atoms with Gasteiger partial charge in [-0.3, -0.25) is 9.10 Å². The van der Waals surface area contributed by atoms with E-state index in [-0.39, 0.29) is 18.7 Å². The number of anilines is 1. The maximum absolute atomic E-state index is 13.2. The Hall–Kier alpha value is -2.41. The fraction of sp³-hybridized carbons (Fsp3) is 0.278. The lowest BCUT2D eigenvalue weighted by atomic mass is 10.1. The number of hydrogen-bond acceptors (Lipinski definition) is 3. The minimum absolute atomic E-state index is 0.0861. The van der Waals surface area contributed by atoms with E-state index >= 15 is 0 Å². The van der Waals surface area contributed by atoms with Crippen molar-refractivity contribution in [3.8, 4) is 0 Å². The molecule has 7 heteroatoms. The number of nitrogens with one attached hydrogen (secondary N) is 1. The summed E-state index contributed by atoms with van der Waals surface area (Å²) in [7, 11) is -3.50. The second-order valence-corrected chi connectivity index (χ2v) is 7.85. The molecule has 0 unspecified atom stereocenters. The van der Waals surface area contributed by atoms with Crippen LogP contribution >= 0.6 is 0 Å². The van der Waals surface area contributed by atoms with Crippen molar-refractivity contribution in [2.45, 2.75) is 13.8 Å². The summed E-state index contributed by atoms with van der Waals surface area (Å²) < 4.78 is 38.6. The molecule has 1 N–H and O–H groups in total. The zero-order valence-electron chi connectivity index (χ0n) is 14.4. The van der Waals surface area contributed by atoms with Crippen LogP contribution in [0.1, 0.15) is 21.5 Å². The quantitative estimate of drug-likeness (QED) is 0.857. The minimum Gasteiger partial charge on any atom is -0.350 e. The molecule has 134 valence electrons. The third-order valence-electron chi connectivity index (χ3n) is 3.58. The van der Waals surface area contributed by atoms with Crippen molar-refractivity contribution in [3.05, 3.63) is 65.0 Å². The normalized spacial score (nSPS) is 11.2. The number of aryl methyl sites for hydroxylation is 2. The number of halogens is 1. The average Bonchev–Trinajstić information content (AvgIpc) is 2.49. The van der Waals surface area contributed by atoms with Gasteiger partial charge < -0.3 is 5.32 Å². The van der Waals surface area contributed by atoms with Gasteiger partial charge in [-0.25, -0.2) is 12.8 Å². The zero-order valence-corrected chi connectivity index (χ0v) is 15.2. The molecule has 0 aliphatic heterocycles. The summed E-state index contributed by atoms with van der Waals surface area (Å²) in [5.74, 6) is -0.950. The Kier molecular flexibility index (Phi) is 5.79. The molecule has 2 aromatic rings. The SMILES string of the molecule is Cc1cc(C)cc(N(CCNC(=O)c2cccc(F)c2)S(C)(=O)=O)c1. The number of rotatable bonds is 6. The zero-order chi connectivity index (χ0) is 18.6. The molecular weight excluding hydrogens is 343 g/mol. The Morgan fingerprint density at radius 1 is 1.12 bits per heavy atom. The van der Waals surface area contributed by atoms with E-state index in [4.69, 9.17) is 0 Å².